The van der Waals surface area contributed by atoms with Crippen molar-refractivity contribution in [1.82, 2.24) is 14.9 Å². The Balaban J connectivity index is 2.78. The van der Waals surface area contributed by atoms with Crippen LogP contribution in [0.4, 0.5) is 0 Å². The van der Waals surface area contributed by atoms with Crippen LogP contribution in [-0.2, 0) is 6.54 Å². The first-order chi connectivity index (χ1) is 5.20. The van der Waals surface area contributed by atoms with Crippen LogP contribution in [-0.4, -0.2) is 29.0 Å². The minimum Gasteiger partial charge on any atom is -0.304 e. The second-order valence-electron chi connectivity index (χ2n) is 2.89. The summed E-state index contributed by atoms with van der Waals surface area (Å²) in [6, 6.07) is 0. The van der Waals surface area contributed by atoms with Gasteiger partial charge in [-0.25, -0.2) is 9.97 Å². The molecule has 1 rings (SSSR count). The van der Waals surface area contributed by atoms with Crippen molar-refractivity contribution in [1.29, 1.82) is 0 Å². The zero-order chi connectivity index (χ0) is 8.27. The summed E-state index contributed by atoms with van der Waals surface area (Å²) in [5, 5.41) is 0. The van der Waals surface area contributed by atoms with Gasteiger partial charge in [0.1, 0.15) is 6.33 Å². The fourth-order valence-corrected chi connectivity index (χ4v) is 0.890. The quantitative estimate of drug-likeness (QED) is 0.627. The fraction of sp³-hybridized carbons (Fsp3) is 0.500. The molecule has 1 aromatic rings. The smallest absolute Gasteiger partial charge is 0.115 e. The Morgan fingerprint density at radius 3 is 2.73 bits per heavy atom. The summed E-state index contributed by atoms with van der Waals surface area (Å²) in [4.78, 5) is 10.2. The Kier molecular flexibility index (Phi) is 2.54. The molecule has 0 saturated carbocycles. The lowest BCUT2D eigenvalue weighted by Crippen LogP contribution is -2.13. The van der Waals surface area contributed by atoms with Gasteiger partial charge < -0.3 is 4.90 Å². The maximum absolute atomic E-state index is 4.17. The molecular formula is C8H13N3. The summed E-state index contributed by atoms with van der Waals surface area (Å²) in [6.07, 6.45) is 3.43. The third-order valence-electron chi connectivity index (χ3n) is 1.47. The third-order valence-corrected chi connectivity index (χ3v) is 1.47. The summed E-state index contributed by atoms with van der Waals surface area (Å²) in [7, 11) is 4.06. The molecule has 0 unspecified atom stereocenters. The SMILES string of the molecule is Cc1cncnc1CN(C)C. The number of nitrogens with zero attached hydrogens (tertiary/aromatic N) is 3. The molecule has 3 nitrogen and oxygen atoms in total. The molecule has 0 aliphatic heterocycles. The summed E-state index contributed by atoms with van der Waals surface area (Å²) in [5.41, 5.74) is 2.26. The highest BCUT2D eigenvalue weighted by atomic mass is 15.1. The molecule has 1 heterocycles. The van der Waals surface area contributed by atoms with Gasteiger partial charge in [0.05, 0.1) is 5.69 Å². The molecule has 60 valence electrons. The van der Waals surface area contributed by atoms with Crippen LogP contribution in [0.2, 0.25) is 0 Å². The predicted octanol–water partition coefficient (Wildman–Crippen LogP) is 0.847. The van der Waals surface area contributed by atoms with Crippen molar-refractivity contribution in [2.24, 2.45) is 0 Å². The molecule has 0 aliphatic rings. The van der Waals surface area contributed by atoms with Gasteiger partial charge >= 0.3 is 0 Å². The standard InChI is InChI=1S/C8H13N3/c1-7-4-9-6-10-8(7)5-11(2)3/h4,6H,5H2,1-3H3. The Morgan fingerprint density at radius 1 is 1.45 bits per heavy atom. The van der Waals surface area contributed by atoms with Crippen LogP contribution in [0.1, 0.15) is 11.3 Å². The largest absolute Gasteiger partial charge is 0.304 e. The van der Waals surface area contributed by atoms with Crippen molar-refractivity contribution in [3.05, 3.63) is 23.8 Å². The molecule has 0 bridgehead atoms. The number of hydrogen-bond acceptors (Lipinski definition) is 3. The van der Waals surface area contributed by atoms with Crippen molar-refractivity contribution in [2.45, 2.75) is 13.5 Å². The van der Waals surface area contributed by atoms with Crippen molar-refractivity contribution in [3.63, 3.8) is 0 Å². The molecule has 0 aliphatic carbocycles. The summed E-state index contributed by atoms with van der Waals surface area (Å²) < 4.78 is 0. The van der Waals surface area contributed by atoms with Crippen molar-refractivity contribution < 1.29 is 0 Å². The molecule has 0 aromatic carbocycles. The molecule has 0 fully saturated rings. The second kappa shape index (κ2) is 3.44. The van der Waals surface area contributed by atoms with E-state index in [1.807, 2.05) is 27.2 Å². The van der Waals surface area contributed by atoms with Gasteiger partial charge in [-0.05, 0) is 26.6 Å². The van der Waals surface area contributed by atoms with E-state index in [0.717, 1.165) is 17.8 Å². The molecular weight excluding hydrogens is 138 g/mol. The van der Waals surface area contributed by atoms with E-state index in [1.54, 1.807) is 6.33 Å². The topological polar surface area (TPSA) is 29.0 Å². The van der Waals surface area contributed by atoms with E-state index < -0.39 is 0 Å². The van der Waals surface area contributed by atoms with Crippen LogP contribution >= 0.6 is 0 Å². The minimum absolute atomic E-state index is 0.883. The van der Waals surface area contributed by atoms with E-state index in [2.05, 4.69) is 14.9 Å². The summed E-state index contributed by atoms with van der Waals surface area (Å²) in [6.45, 7) is 2.91. The normalized spacial score (nSPS) is 10.5. The van der Waals surface area contributed by atoms with E-state index in [-0.39, 0.29) is 0 Å². The van der Waals surface area contributed by atoms with Gasteiger partial charge in [0.2, 0.25) is 0 Å². The van der Waals surface area contributed by atoms with Crippen LogP contribution in [0.3, 0.4) is 0 Å². The second-order valence-corrected chi connectivity index (χ2v) is 2.89. The molecule has 0 saturated heterocycles. The maximum Gasteiger partial charge on any atom is 0.115 e. The van der Waals surface area contributed by atoms with Gasteiger partial charge in [0.15, 0.2) is 0 Å². The average Bonchev–Trinajstić information content (AvgIpc) is 1.93. The van der Waals surface area contributed by atoms with Gasteiger partial charge in [0, 0.05) is 12.7 Å². The molecule has 3 heteroatoms. The Morgan fingerprint density at radius 2 is 2.18 bits per heavy atom. The molecule has 0 radical (unpaired) electrons. The van der Waals surface area contributed by atoms with Crippen molar-refractivity contribution >= 4 is 0 Å². The first-order valence-corrected chi connectivity index (χ1v) is 3.60. The first kappa shape index (κ1) is 8.14. The molecule has 1 aromatic heterocycles. The van der Waals surface area contributed by atoms with Gasteiger partial charge in [-0.3, -0.25) is 0 Å². The highest BCUT2D eigenvalue weighted by Crippen LogP contribution is 2.02. The Labute approximate surface area is 67.1 Å². The Bertz CT molecular complexity index is 233. The Hall–Kier alpha value is -0.960. The van der Waals surface area contributed by atoms with Crippen LogP contribution in [0.25, 0.3) is 0 Å². The van der Waals surface area contributed by atoms with E-state index in [9.17, 15) is 0 Å². The highest BCUT2D eigenvalue weighted by Gasteiger charge is 1.99. The zero-order valence-corrected chi connectivity index (χ0v) is 7.20. The molecule has 0 amide bonds. The van der Waals surface area contributed by atoms with Gasteiger partial charge in [-0.15, -0.1) is 0 Å². The lowest BCUT2D eigenvalue weighted by atomic mass is 10.2. The first-order valence-electron chi connectivity index (χ1n) is 3.60. The van der Waals surface area contributed by atoms with Crippen LogP contribution in [0, 0.1) is 6.92 Å². The van der Waals surface area contributed by atoms with Gasteiger partial charge in [-0.1, -0.05) is 0 Å². The van der Waals surface area contributed by atoms with Crippen LogP contribution in [0.5, 0.6) is 0 Å². The van der Waals surface area contributed by atoms with E-state index in [4.69, 9.17) is 0 Å². The number of hydrogen-bond donors (Lipinski definition) is 0. The average molecular weight is 151 g/mol. The van der Waals surface area contributed by atoms with E-state index >= 15 is 0 Å². The summed E-state index contributed by atoms with van der Waals surface area (Å²) >= 11 is 0. The third kappa shape index (κ3) is 2.27. The lowest BCUT2D eigenvalue weighted by Gasteiger charge is -2.09. The number of aromatic nitrogens is 2. The predicted molar refractivity (Wildman–Crippen MR) is 44.2 cm³/mol. The van der Waals surface area contributed by atoms with E-state index in [0.29, 0.717) is 0 Å². The van der Waals surface area contributed by atoms with Gasteiger partial charge in [-0.2, -0.15) is 0 Å². The highest BCUT2D eigenvalue weighted by molar-refractivity contribution is 5.12. The van der Waals surface area contributed by atoms with Crippen molar-refractivity contribution in [3.8, 4) is 0 Å². The lowest BCUT2D eigenvalue weighted by molar-refractivity contribution is 0.395. The number of aryl methyl sites for hydroxylation is 1. The molecule has 0 atom stereocenters. The summed E-state index contributed by atoms with van der Waals surface area (Å²) in [5.74, 6) is 0. The molecule has 0 N–H and O–H groups in total. The van der Waals surface area contributed by atoms with Gasteiger partial charge in [0.25, 0.3) is 0 Å². The number of rotatable bonds is 2. The monoisotopic (exact) mass is 151 g/mol. The van der Waals surface area contributed by atoms with Crippen LogP contribution < -0.4 is 0 Å². The van der Waals surface area contributed by atoms with Crippen LogP contribution in [0.15, 0.2) is 12.5 Å². The maximum atomic E-state index is 4.17. The van der Waals surface area contributed by atoms with Crippen molar-refractivity contribution in [2.75, 3.05) is 14.1 Å². The molecule has 0 spiro atoms. The van der Waals surface area contributed by atoms with E-state index in [1.165, 1.54) is 0 Å². The zero-order valence-electron chi connectivity index (χ0n) is 7.20. The fourth-order valence-electron chi connectivity index (χ4n) is 0.890. The molecule has 11 heavy (non-hydrogen) atoms. The minimum atomic E-state index is 0.883.